The van der Waals surface area contributed by atoms with Gasteiger partial charge in [0.25, 0.3) is 0 Å². The van der Waals surface area contributed by atoms with E-state index in [1.54, 1.807) is 7.11 Å². The van der Waals surface area contributed by atoms with Crippen molar-refractivity contribution in [2.45, 2.75) is 33.2 Å². The number of hydrogen-bond donors (Lipinski definition) is 1. The number of aryl methyl sites for hydroxylation is 1. The Hall–Kier alpha value is -1.80. The van der Waals surface area contributed by atoms with Crippen LogP contribution in [0.5, 0.6) is 5.75 Å². The summed E-state index contributed by atoms with van der Waals surface area (Å²) in [5, 5.41) is 0. The Morgan fingerprint density at radius 3 is 2.25 bits per heavy atom. The predicted octanol–water partition coefficient (Wildman–Crippen LogP) is 4.25. The summed E-state index contributed by atoms with van der Waals surface area (Å²) in [5.74, 6) is 1.41. The third-order valence-electron chi connectivity index (χ3n) is 3.70. The fraction of sp³-hybridized carbons (Fsp3) is 0.333. The molecule has 2 nitrogen and oxygen atoms in total. The number of ether oxygens (including phenoxy) is 1. The minimum absolute atomic E-state index is 0.438. The molecule has 20 heavy (non-hydrogen) atoms. The summed E-state index contributed by atoms with van der Waals surface area (Å²) >= 11 is 0. The zero-order valence-corrected chi connectivity index (χ0v) is 12.7. The van der Waals surface area contributed by atoms with Gasteiger partial charge in [-0.3, -0.25) is 0 Å². The van der Waals surface area contributed by atoms with Crippen LogP contribution in [0.1, 0.15) is 36.5 Å². The summed E-state index contributed by atoms with van der Waals surface area (Å²) in [4.78, 5) is 0. The number of rotatable bonds is 4. The molecule has 0 aromatic heterocycles. The molecule has 0 unspecified atom stereocenters. The summed E-state index contributed by atoms with van der Waals surface area (Å²) in [7, 11) is 1.73. The van der Waals surface area contributed by atoms with Crippen molar-refractivity contribution >= 4 is 0 Å². The van der Waals surface area contributed by atoms with Gasteiger partial charge in [-0.2, -0.15) is 0 Å². The van der Waals surface area contributed by atoms with Crippen molar-refractivity contribution in [2.75, 3.05) is 7.11 Å². The van der Waals surface area contributed by atoms with Crippen molar-refractivity contribution in [1.29, 1.82) is 0 Å². The van der Waals surface area contributed by atoms with Crippen LogP contribution in [0, 0.1) is 6.92 Å². The van der Waals surface area contributed by atoms with Crippen LogP contribution >= 0.6 is 0 Å². The van der Waals surface area contributed by atoms with Gasteiger partial charge in [0.1, 0.15) is 5.75 Å². The van der Waals surface area contributed by atoms with Gasteiger partial charge in [0.05, 0.1) is 7.11 Å². The molecular formula is C18H23NO. The van der Waals surface area contributed by atoms with Gasteiger partial charge in [0.15, 0.2) is 0 Å². The van der Waals surface area contributed by atoms with Crippen molar-refractivity contribution in [3.63, 3.8) is 0 Å². The van der Waals surface area contributed by atoms with E-state index in [1.807, 2.05) is 0 Å². The van der Waals surface area contributed by atoms with E-state index in [1.165, 1.54) is 22.3 Å². The third-order valence-corrected chi connectivity index (χ3v) is 3.70. The first-order chi connectivity index (χ1) is 9.56. The number of benzene rings is 2. The van der Waals surface area contributed by atoms with E-state index in [0.29, 0.717) is 12.5 Å². The normalized spacial score (nSPS) is 10.9. The summed E-state index contributed by atoms with van der Waals surface area (Å²) in [6.07, 6.45) is 0. The van der Waals surface area contributed by atoms with E-state index in [4.69, 9.17) is 10.5 Å². The summed E-state index contributed by atoms with van der Waals surface area (Å²) < 4.78 is 5.50. The lowest BCUT2D eigenvalue weighted by atomic mass is 9.92. The molecule has 0 heterocycles. The first-order valence-electron chi connectivity index (χ1n) is 7.04. The average Bonchev–Trinajstić information content (AvgIpc) is 2.46. The number of methoxy groups -OCH3 is 1. The molecule has 0 saturated carbocycles. The molecule has 2 N–H and O–H groups in total. The van der Waals surface area contributed by atoms with Gasteiger partial charge in [0.2, 0.25) is 0 Å². The lowest BCUT2D eigenvalue weighted by Crippen LogP contribution is -1.98. The van der Waals surface area contributed by atoms with Crippen LogP contribution in [-0.2, 0) is 6.54 Å². The zero-order valence-electron chi connectivity index (χ0n) is 12.7. The van der Waals surface area contributed by atoms with Crippen LogP contribution in [0.15, 0.2) is 36.4 Å². The van der Waals surface area contributed by atoms with Crippen LogP contribution in [0.3, 0.4) is 0 Å². The third kappa shape index (κ3) is 2.86. The van der Waals surface area contributed by atoms with E-state index in [-0.39, 0.29) is 0 Å². The molecule has 2 rings (SSSR count). The van der Waals surface area contributed by atoms with Crippen LogP contribution in [0.4, 0.5) is 0 Å². The Morgan fingerprint density at radius 1 is 1.10 bits per heavy atom. The Balaban J connectivity index is 2.52. The maximum absolute atomic E-state index is 5.65. The van der Waals surface area contributed by atoms with Crippen molar-refractivity contribution < 1.29 is 4.74 Å². The molecule has 0 amide bonds. The van der Waals surface area contributed by atoms with Gasteiger partial charge >= 0.3 is 0 Å². The van der Waals surface area contributed by atoms with E-state index in [9.17, 15) is 0 Å². The minimum Gasteiger partial charge on any atom is -0.496 e. The molecule has 0 saturated heterocycles. The molecule has 0 atom stereocenters. The van der Waals surface area contributed by atoms with E-state index in [0.717, 1.165) is 11.3 Å². The fourth-order valence-corrected chi connectivity index (χ4v) is 2.46. The standard InChI is InChI=1S/C18H23NO/c1-12(2)16-10-17(13(3)9-18(16)20-4)15-7-5-14(11-19)6-8-15/h5-10,12H,11,19H2,1-4H3. The van der Waals surface area contributed by atoms with Gasteiger partial charge in [-0.25, -0.2) is 0 Å². The summed E-state index contributed by atoms with van der Waals surface area (Å²) in [5.41, 5.74) is 11.8. The highest BCUT2D eigenvalue weighted by Crippen LogP contribution is 2.34. The molecule has 2 heteroatoms. The van der Waals surface area contributed by atoms with E-state index >= 15 is 0 Å². The molecule has 0 aliphatic heterocycles. The van der Waals surface area contributed by atoms with E-state index < -0.39 is 0 Å². The molecule has 2 aromatic rings. The Labute approximate surface area is 121 Å². The quantitative estimate of drug-likeness (QED) is 0.900. The SMILES string of the molecule is COc1cc(C)c(-c2ccc(CN)cc2)cc1C(C)C. The summed E-state index contributed by atoms with van der Waals surface area (Å²) in [6, 6.07) is 12.8. The second-order valence-electron chi connectivity index (χ2n) is 5.46. The number of nitrogens with two attached hydrogens (primary N) is 1. The number of hydrogen-bond acceptors (Lipinski definition) is 2. The van der Waals surface area contributed by atoms with Gasteiger partial charge in [-0.15, -0.1) is 0 Å². The predicted molar refractivity (Wildman–Crippen MR) is 85.1 cm³/mol. The van der Waals surface area contributed by atoms with Gasteiger partial charge < -0.3 is 10.5 Å². The van der Waals surface area contributed by atoms with Crippen LogP contribution in [0.25, 0.3) is 11.1 Å². The minimum atomic E-state index is 0.438. The second-order valence-corrected chi connectivity index (χ2v) is 5.46. The highest BCUT2D eigenvalue weighted by atomic mass is 16.5. The van der Waals surface area contributed by atoms with Gasteiger partial charge in [0, 0.05) is 6.54 Å². The maximum atomic E-state index is 5.65. The Bertz CT molecular complexity index is 585. The van der Waals surface area contributed by atoms with E-state index in [2.05, 4.69) is 57.2 Å². The molecule has 2 aromatic carbocycles. The monoisotopic (exact) mass is 269 g/mol. The van der Waals surface area contributed by atoms with Crippen molar-refractivity contribution in [1.82, 2.24) is 0 Å². The van der Waals surface area contributed by atoms with Gasteiger partial charge in [-0.05, 0) is 52.8 Å². The van der Waals surface area contributed by atoms with Crippen LogP contribution in [-0.4, -0.2) is 7.11 Å². The lowest BCUT2D eigenvalue weighted by Gasteiger charge is -2.16. The summed E-state index contributed by atoms with van der Waals surface area (Å²) in [6.45, 7) is 7.08. The average molecular weight is 269 g/mol. The molecule has 0 radical (unpaired) electrons. The molecule has 106 valence electrons. The van der Waals surface area contributed by atoms with Crippen LogP contribution < -0.4 is 10.5 Å². The molecule has 0 aliphatic rings. The lowest BCUT2D eigenvalue weighted by molar-refractivity contribution is 0.407. The Kier molecular flexibility index (Phi) is 4.46. The largest absolute Gasteiger partial charge is 0.496 e. The van der Waals surface area contributed by atoms with Gasteiger partial charge in [-0.1, -0.05) is 38.1 Å². The molecular weight excluding hydrogens is 246 g/mol. The molecule has 0 aliphatic carbocycles. The van der Waals surface area contributed by atoms with Crippen molar-refractivity contribution in [2.24, 2.45) is 5.73 Å². The molecule has 0 fully saturated rings. The zero-order chi connectivity index (χ0) is 14.7. The van der Waals surface area contributed by atoms with Crippen molar-refractivity contribution in [3.8, 4) is 16.9 Å². The highest BCUT2D eigenvalue weighted by Gasteiger charge is 2.12. The van der Waals surface area contributed by atoms with Crippen molar-refractivity contribution in [3.05, 3.63) is 53.1 Å². The smallest absolute Gasteiger partial charge is 0.122 e. The maximum Gasteiger partial charge on any atom is 0.122 e. The first-order valence-corrected chi connectivity index (χ1v) is 7.04. The Morgan fingerprint density at radius 2 is 1.75 bits per heavy atom. The second kappa shape index (κ2) is 6.10. The molecule has 0 spiro atoms. The topological polar surface area (TPSA) is 35.2 Å². The van der Waals surface area contributed by atoms with Crippen LogP contribution in [0.2, 0.25) is 0 Å². The first kappa shape index (κ1) is 14.6. The highest BCUT2D eigenvalue weighted by molar-refractivity contribution is 5.70. The molecule has 0 bridgehead atoms. The fourth-order valence-electron chi connectivity index (χ4n) is 2.46.